The molecular weight excluding hydrogens is 1070 g/mol. The number of carbonyl (C=O) groups is 5. The molecule has 0 spiro atoms. The molecule has 27 heteroatoms. The van der Waals surface area contributed by atoms with Crippen molar-refractivity contribution in [3.05, 3.63) is 180 Å². The van der Waals surface area contributed by atoms with Gasteiger partial charge in [-0.3, -0.25) is 37.4 Å². The minimum Gasteiger partial charge on any atom is -0.322 e. The average Bonchev–Trinajstić information content (AvgIpc) is 3.35. The second kappa shape index (κ2) is 20.8. The van der Waals surface area contributed by atoms with Crippen LogP contribution in [0.4, 0.5) is 38.9 Å². The van der Waals surface area contributed by atoms with Crippen LogP contribution in [0.1, 0.15) is 41.4 Å². The van der Waals surface area contributed by atoms with Crippen molar-refractivity contribution in [3.8, 4) is 0 Å². The molecule has 0 heterocycles. The van der Waals surface area contributed by atoms with E-state index in [1.54, 1.807) is 0 Å². The maximum atomic E-state index is 13.4. The highest BCUT2D eigenvalue weighted by molar-refractivity contribution is 7.87. The predicted molar refractivity (Wildman–Crippen MR) is 277 cm³/mol. The highest BCUT2D eigenvalue weighted by atomic mass is 32.2. The fourth-order valence-corrected chi connectivity index (χ4v) is 10.6. The van der Waals surface area contributed by atoms with E-state index >= 15 is 0 Å². The largest absolute Gasteiger partial charge is 0.323 e. The molecule has 10 N–H and O–H groups in total. The molecule has 0 aliphatic heterocycles. The molecule has 0 unspecified atom stereocenters. The van der Waals surface area contributed by atoms with Crippen molar-refractivity contribution < 1.29 is 75.9 Å². The van der Waals surface area contributed by atoms with Gasteiger partial charge in [-0.15, -0.1) is 0 Å². The third-order valence-corrected chi connectivity index (χ3v) is 14.6. The topological polar surface area (TPSA) is 375 Å². The zero-order valence-corrected chi connectivity index (χ0v) is 41.5. The van der Waals surface area contributed by atoms with Gasteiger partial charge in [0.15, 0.2) is 0 Å². The lowest BCUT2D eigenvalue weighted by atomic mass is 10.1. The summed E-state index contributed by atoms with van der Waals surface area (Å²) in [5, 5.41) is 14.1. The van der Waals surface area contributed by atoms with Crippen molar-refractivity contribution in [2.45, 2.75) is 19.6 Å². The Morgan fingerprint density at radius 2 is 0.539 bits per heavy atom. The first kappa shape index (κ1) is 53.4. The van der Waals surface area contributed by atoms with Gasteiger partial charge in [0.25, 0.3) is 64.1 Å². The van der Waals surface area contributed by atoms with Crippen LogP contribution < -0.4 is 31.9 Å². The third-order valence-electron chi connectivity index (χ3n) is 11.0. The first-order chi connectivity index (χ1) is 35.7. The van der Waals surface area contributed by atoms with Gasteiger partial charge in [-0.25, -0.2) is 4.79 Å². The van der Waals surface area contributed by atoms with Crippen LogP contribution in [0.2, 0.25) is 0 Å². The highest BCUT2D eigenvalue weighted by Gasteiger charge is 2.24. The van der Waals surface area contributed by atoms with Crippen LogP contribution in [-0.4, -0.2) is 81.5 Å². The van der Waals surface area contributed by atoms with Gasteiger partial charge in [0.1, 0.15) is 19.6 Å². The van der Waals surface area contributed by atoms with E-state index in [-0.39, 0.29) is 77.9 Å². The lowest BCUT2D eigenvalue weighted by molar-refractivity contribution is 0.101. The number of hydrogen-bond donors (Lipinski definition) is 10. The van der Waals surface area contributed by atoms with E-state index in [9.17, 15) is 75.9 Å². The van der Waals surface area contributed by atoms with E-state index in [1.165, 1.54) is 109 Å². The average molecular weight is 1110 g/mol. The summed E-state index contributed by atoms with van der Waals surface area (Å²) in [4.78, 5) is 63.7. The molecule has 0 radical (unpaired) electrons. The van der Waals surface area contributed by atoms with E-state index in [0.717, 1.165) is 48.5 Å². The molecule has 0 fully saturated rings. The molecule has 0 saturated heterocycles. The summed E-state index contributed by atoms with van der Waals surface area (Å²) in [5.74, 6) is -3.03. The molecule has 0 bridgehead atoms. The van der Waals surface area contributed by atoms with Crippen LogP contribution in [-0.2, 0) is 40.5 Å². The van der Waals surface area contributed by atoms with Crippen LogP contribution in [0.5, 0.6) is 0 Å². The highest BCUT2D eigenvalue weighted by Crippen LogP contribution is 2.34. The summed E-state index contributed by atoms with van der Waals surface area (Å²) < 4.78 is 136. The lowest BCUT2D eigenvalue weighted by Crippen LogP contribution is -2.20. The monoisotopic (exact) mass is 1110 g/mol. The number of urea groups is 1. The quantitative estimate of drug-likeness (QED) is 0.0468. The maximum Gasteiger partial charge on any atom is 0.323 e. The molecule has 0 aliphatic carbocycles. The minimum absolute atomic E-state index is 0.0534. The molecule has 0 saturated carbocycles. The molecule has 76 heavy (non-hydrogen) atoms. The number of carbonyl (C=O) groups excluding carboxylic acids is 5. The minimum atomic E-state index is -4.97. The smallest absolute Gasteiger partial charge is 0.322 e. The summed E-state index contributed by atoms with van der Waals surface area (Å²) in [5.41, 5.74) is 0.0631. The lowest BCUT2D eigenvalue weighted by Gasteiger charge is -2.13. The van der Waals surface area contributed by atoms with Gasteiger partial charge in [0, 0.05) is 77.9 Å². The summed E-state index contributed by atoms with van der Waals surface area (Å²) in [6.45, 7) is 0. The first-order valence-corrected chi connectivity index (χ1v) is 27.2. The van der Waals surface area contributed by atoms with Gasteiger partial charge in [-0.1, -0.05) is 48.5 Å². The van der Waals surface area contributed by atoms with Gasteiger partial charge in [-0.2, -0.15) is 33.7 Å². The number of benzene rings is 8. The van der Waals surface area contributed by atoms with Crippen LogP contribution in [0.3, 0.4) is 0 Å². The van der Waals surface area contributed by atoms with Gasteiger partial charge in [0.05, 0.1) is 0 Å². The van der Waals surface area contributed by atoms with E-state index in [1.807, 2.05) is 0 Å². The summed E-state index contributed by atoms with van der Waals surface area (Å²) in [6, 6.07) is 32.4. The summed E-state index contributed by atoms with van der Waals surface area (Å²) in [7, 11) is -19.7. The molecule has 8 aromatic rings. The zero-order valence-electron chi connectivity index (χ0n) is 38.2. The number of hydrogen-bond acceptors (Lipinski definition) is 13. The molecule has 0 aliphatic rings. The SMILES string of the molecule is O=C(Nc1cccc(C(=O)Nc2cccc(C(=O)Nc3cc(S(=O)(=O)O)c4cccc(S(=O)(=O)O)c4c3)c2)c1)Nc1cccc(C(=O)Nc2cccc(C(=O)Nc3cc(S(=O)(=O)O)c4cccc(S(=O)(=O)O)c4c3)c2)c1. The van der Waals surface area contributed by atoms with Gasteiger partial charge in [-0.05, 0) is 109 Å². The Balaban J connectivity index is 0.892. The Labute approximate surface area is 431 Å². The Morgan fingerprint density at radius 3 is 0.829 bits per heavy atom. The van der Waals surface area contributed by atoms with E-state index in [2.05, 4.69) is 31.9 Å². The molecule has 8 rings (SSSR count). The van der Waals surface area contributed by atoms with Crippen LogP contribution in [0.15, 0.2) is 177 Å². The van der Waals surface area contributed by atoms with Gasteiger partial charge < -0.3 is 31.9 Å². The zero-order chi connectivity index (χ0) is 54.9. The number of rotatable bonds is 14. The number of anilines is 6. The Bertz CT molecular complexity index is 3980. The van der Waals surface area contributed by atoms with Crippen LogP contribution in [0, 0.1) is 0 Å². The molecular formula is C49H36N6O17S4. The fourth-order valence-electron chi connectivity index (χ4n) is 7.73. The van der Waals surface area contributed by atoms with Crippen LogP contribution >= 0.6 is 0 Å². The normalized spacial score (nSPS) is 11.8. The molecule has 0 aromatic heterocycles. The van der Waals surface area contributed by atoms with Gasteiger partial charge >= 0.3 is 6.03 Å². The number of nitrogens with one attached hydrogen (secondary N) is 6. The van der Waals surface area contributed by atoms with Crippen molar-refractivity contribution in [3.63, 3.8) is 0 Å². The summed E-state index contributed by atoms with van der Waals surface area (Å²) >= 11 is 0. The number of amides is 6. The molecule has 23 nitrogen and oxygen atoms in total. The standard InChI is InChI=1S/C49H36N6O17S4/c56-45(50-31-11-1-7-27(19-31)47(58)52-35-23-39-37(43(25-35)75(67,68)69)15-5-17-41(39)73(61,62)63)29-9-3-13-33(21-29)54-49(60)55-34-14-4-10-30(22-34)46(57)51-32-12-2-8-28(20-32)48(59)53-36-24-40-38(44(26-36)76(70,71)72)16-6-18-42(40)74(64,65)66/h1-26H,(H,50,56)(H,51,57)(H,52,58)(H,53,59)(H2,54,55,60)(H,61,62,63)(H,64,65,66)(H,67,68,69)(H,70,71,72). The van der Waals surface area contributed by atoms with Crippen molar-refractivity contribution >= 4 is 126 Å². The van der Waals surface area contributed by atoms with Crippen molar-refractivity contribution in [1.29, 1.82) is 0 Å². The van der Waals surface area contributed by atoms with Gasteiger partial charge in [0.2, 0.25) is 0 Å². The molecule has 8 aromatic carbocycles. The predicted octanol–water partition coefficient (Wildman–Crippen LogP) is 7.63. The van der Waals surface area contributed by atoms with Crippen LogP contribution in [0.25, 0.3) is 21.5 Å². The fraction of sp³-hybridized carbons (Fsp3) is 0. The van der Waals surface area contributed by atoms with Crippen molar-refractivity contribution in [2.75, 3.05) is 31.9 Å². The van der Waals surface area contributed by atoms with Crippen molar-refractivity contribution in [1.82, 2.24) is 0 Å². The Kier molecular flexibility index (Phi) is 14.6. The number of fused-ring (bicyclic) bond motifs is 2. The Hall–Kier alpha value is -8.93. The second-order valence-corrected chi connectivity index (χ2v) is 21.8. The molecule has 6 amide bonds. The van der Waals surface area contributed by atoms with E-state index in [4.69, 9.17) is 0 Å². The van der Waals surface area contributed by atoms with E-state index in [0.29, 0.717) is 0 Å². The summed E-state index contributed by atoms with van der Waals surface area (Å²) in [6.07, 6.45) is 0. The first-order valence-electron chi connectivity index (χ1n) is 21.5. The van der Waals surface area contributed by atoms with Crippen molar-refractivity contribution in [2.24, 2.45) is 0 Å². The van der Waals surface area contributed by atoms with E-state index < -0.39 is 89.7 Å². The molecule has 0 atom stereocenters. The molecule has 388 valence electrons. The second-order valence-electron chi connectivity index (χ2n) is 16.3. The third kappa shape index (κ3) is 12.3. The maximum absolute atomic E-state index is 13.4. The Morgan fingerprint density at radius 1 is 0.276 bits per heavy atom.